The topological polar surface area (TPSA) is 110 Å². The number of sulfonamides is 1. The second-order valence-corrected chi connectivity index (χ2v) is 10.6. The zero-order chi connectivity index (χ0) is 23.0. The van der Waals surface area contributed by atoms with E-state index in [1.165, 1.54) is 28.0 Å². The van der Waals surface area contributed by atoms with E-state index in [2.05, 4.69) is 21.5 Å². The van der Waals surface area contributed by atoms with Crippen LogP contribution in [-0.2, 0) is 29.9 Å². The molecule has 2 aliphatic rings. The minimum atomic E-state index is -3.80. The van der Waals surface area contributed by atoms with Crippen LogP contribution in [0, 0.1) is 0 Å². The van der Waals surface area contributed by atoms with E-state index in [1.54, 1.807) is 17.7 Å². The van der Waals surface area contributed by atoms with Crippen LogP contribution in [0.4, 0.5) is 5.69 Å². The molecule has 0 bridgehead atoms. The quantitative estimate of drug-likeness (QED) is 0.613. The summed E-state index contributed by atoms with van der Waals surface area (Å²) < 4.78 is 34.9. The highest BCUT2D eigenvalue weighted by molar-refractivity contribution is 7.89. The Morgan fingerprint density at radius 2 is 2.03 bits per heavy atom. The number of carbonyl (C=O) groups is 1. The molecule has 0 saturated carbocycles. The van der Waals surface area contributed by atoms with Gasteiger partial charge >= 0.3 is 0 Å². The first kappa shape index (κ1) is 21.8. The maximum Gasteiger partial charge on any atom is 0.277 e. The molecule has 1 aromatic carbocycles. The van der Waals surface area contributed by atoms with Gasteiger partial charge in [-0.25, -0.2) is 13.4 Å². The van der Waals surface area contributed by atoms with Crippen LogP contribution in [0.1, 0.15) is 65.5 Å². The average molecular weight is 470 g/mol. The number of aryl methyl sites for hydroxylation is 2. The molecular formula is C23H27N5O4S. The van der Waals surface area contributed by atoms with Crippen molar-refractivity contribution in [3.8, 4) is 0 Å². The summed E-state index contributed by atoms with van der Waals surface area (Å²) in [4.78, 5) is 16.9. The summed E-state index contributed by atoms with van der Waals surface area (Å²) in [7, 11) is -2.07. The van der Waals surface area contributed by atoms with Crippen LogP contribution < -0.4 is 5.32 Å². The normalized spacial score (nSPS) is 19.2. The van der Waals surface area contributed by atoms with Crippen LogP contribution >= 0.6 is 0 Å². The Morgan fingerprint density at radius 3 is 2.85 bits per heavy atom. The Bertz CT molecular complexity index is 1280. The van der Waals surface area contributed by atoms with Crippen molar-refractivity contribution in [3.63, 3.8) is 0 Å². The molecule has 1 fully saturated rings. The molecule has 5 rings (SSSR count). The first-order valence-corrected chi connectivity index (χ1v) is 12.8. The largest absolute Gasteiger partial charge is 0.359 e. The highest BCUT2D eigenvalue weighted by atomic mass is 32.2. The van der Waals surface area contributed by atoms with E-state index in [4.69, 9.17) is 4.52 Å². The first-order chi connectivity index (χ1) is 15.9. The Kier molecular flexibility index (Phi) is 5.79. The van der Waals surface area contributed by atoms with Gasteiger partial charge in [0, 0.05) is 31.5 Å². The minimum absolute atomic E-state index is 0.00299. The number of hydrogen-bond acceptors (Lipinski definition) is 6. The summed E-state index contributed by atoms with van der Waals surface area (Å²) in [5, 5.41) is 6.93. The van der Waals surface area contributed by atoms with Gasteiger partial charge in [-0.15, -0.1) is 0 Å². The number of fused-ring (bicyclic) bond motifs is 1. The summed E-state index contributed by atoms with van der Waals surface area (Å²) in [5.74, 6) is 0.00774. The zero-order valence-corrected chi connectivity index (χ0v) is 19.3. The molecule has 9 nitrogen and oxygen atoms in total. The lowest BCUT2D eigenvalue weighted by Crippen LogP contribution is -2.38. The van der Waals surface area contributed by atoms with Crippen LogP contribution in [0.15, 0.2) is 46.3 Å². The molecule has 3 aromatic rings. The molecule has 1 N–H and O–H groups in total. The van der Waals surface area contributed by atoms with E-state index < -0.39 is 16.1 Å². The van der Waals surface area contributed by atoms with Crippen LogP contribution in [0.2, 0.25) is 0 Å². The molecule has 1 unspecified atom stereocenters. The van der Waals surface area contributed by atoms with Gasteiger partial charge in [0.25, 0.3) is 15.9 Å². The third kappa shape index (κ3) is 4.20. The van der Waals surface area contributed by atoms with Gasteiger partial charge in [-0.1, -0.05) is 23.7 Å². The summed E-state index contributed by atoms with van der Waals surface area (Å²) in [6, 6.07) is 7.01. The fraction of sp³-hybridized carbons (Fsp3) is 0.435. The van der Waals surface area contributed by atoms with E-state index in [9.17, 15) is 13.2 Å². The van der Waals surface area contributed by atoms with E-state index in [0.29, 0.717) is 18.7 Å². The van der Waals surface area contributed by atoms with Crippen molar-refractivity contribution in [2.75, 3.05) is 11.9 Å². The summed E-state index contributed by atoms with van der Waals surface area (Å²) in [6.07, 6.45) is 9.39. The third-order valence-corrected chi connectivity index (χ3v) is 8.24. The number of carbonyl (C=O) groups excluding carboxylic acids is 1. The molecule has 10 heteroatoms. The van der Waals surface area contributed by atoms with Crippen molar-refractivity contribution < 1.29 is 17.7 Å². The molecule has 1 saturated heterocycles. The van der Waals surface area contributed by atoms with Crippen molar-refractivity contribution in [1.29, 1.82) is 0 Å². The van der Waals surface area contributed by atoms with Gasteiger partial charge in [0.2, 0.25) is 0 Å². The fourth-order valence-corrected chi connectivity index (χ4v) is 6.39. The second kappa shape index (κ2) is 8.75. The molecule has 1 aliphatic carbocycles. The molecular weight excluding hydrogens is 442 g/mol. The Morgan fingerprint density at radius 1 is 1.18 bits per heavy atom. The average Bonchev–Trinajstić information content (AvgIpc) is 3.49. The van der Waals surface area contributed by atoms with Crippen LogP contribution in [0.5, 0.6) is 0 Å². The molecule has 1 amide bonds. The summed E-state index contributed by atoms with van der Waals surface area (Å²) in [5.41, 5.74) is 3.40. The monoisotopic (exact) mass is 469 g/mol. The predicted octanol–water partition coefficient (Wildman–Crippen LogP) is 3.46. The molecule has 2 aromatic heterocycles. The Hall–Kier alpha value is -2.98. The highest BCUT2D eigenvalue weighted by Crippen LogP contribution is 2.35. The molecule has 3 heterocycles. The molecule has 0 spiro atoms. The Balaban J connectivity index is 1.38. The molecule has 1 aliphatic heterocycles. The molecule has 33 heavy (non-hydrogen) atoms. The number of nitrogens with one attached hydrogen (secondary N) is 1. The Labute approximate surface area is 192 Å². The van der Waals surface area contributed by atoms with Crippen molar-refractivity contribution in [1.82, 2.24) is 19.0 Å². The van der Waals surface area contributed by atoms with Crippen molar-refractivity contribution >= 4 is 21.6 Å². The lowest BCUT2D eigenvalue weighted by Gasteiger charge is -2.32. The van der Waals surface area contributed by atoms with Crippen LogP contribution in [0.25, 0.3) is 0 Å². The number of benzene rings is 1. The molecule has 1 atom stereocenters. The predicted molar refractivity (Wildman–Crippen MR) is 121 cm³/mol. The minimum Gasteiger partial charge on any atom is -0.359 e. The molecule has 174 valence electrons. The smallest absolute Gasteiger partial charge is 0.277 e. The molecule has 0 radical (unpaired) electrons. The highest BCUT2D eigenvalue weighted by Gasteiger charge is 2.38. The van der Waals surface area contributed by atoms with Gasteiger partial charge in [-0.2, -0.15) is 4.31 Å². The summed E-state index contributed by atoms with van der Waals surface area (Å²) >= 11 is 0. The first-order valence-electron chi connectivity index (χ1n) is 11.3. The summed E-state index contributed by atoms with van der Waals surface area (Å²) in [6.45, 7) is 0.363. The van der Waals surface area contributed by atoms with Crippen molar-refractivity contribution in [2.45, 2.75) is 56.0 Å². The standard InChI is InChI=1S/C23H27N5O4S/c1-27-14-22(24-15-27)33(30,31)28-12-5-4-11-20(28)21-13-19(26-32-21)23(29)25-18-10-6-8-16-7-2-3-9-17(16)18/h6,8,10,13-15,20H,2-5,7,9,11-12H2,1H3,(H,25,29). The number of imidazole rings is 1. The van der Waals surface area contributed by atoms with Gasteiger partial charge in [0.15, 0.2) is 16.5 Å². The van der Waals surface area contributed by atoms with Gasteiger partial charge < -0.3 is 14.4 Å². The van der Waals surface area contributed by atoms with Gasteiger partial charge in [0.1, 0.15) is 0 Å². The zero-order valence-electron chi connectivity index (χ0n) is 18.5. The maximum atomic E-state index is 13.2. The number of piperidine rings is 1. The van der Waals surface area contributed by atoms with Crippen molar-refractivity contribution in [2.24, 2.45) is 7.05 Å². The lowest BCUT2D eigenvalue weighted by molar-refractivity contribution is 0.101. The van der Waals surface area contributed by atoms with Crippen LogP contribution in [0.3, 0.4) is 0 Å². The number of anilines is 1. The number of amides is 1. The number of hydrogen-bond donors (Lipinski definition) is 1. The maximum absolute atomic E-state index is 13.2. The van der Waals surface area contributed by atoms with Crippen molar-refractivity contribution in [3.05, 3.63) is 59.4 Å². The van der Waals surface area contributed by atoms with Gasteiger partial charge in [-0.3, -0.25) is 4.79 Å². The third-order valence-electron chi connectivity index (χ3n) is 6.44. The van der Waals surface area contributed by atoms with E-state index in [1.807, 2.05) is 12.1 Å². The van der Waals surface area contributed by atoms with E-state index in [0.717, 1.165) is 44.2 Å². The lowest BCUT2D eigenvalue weighted by atomic mass is 9.90. The van der Waals surface area contributed by atoms with Crippen LogP contribution in [-0.4, -0.2) is 39.9 Å². The van der Waals surface area contributed by atoms with Gasteiger partial charge in [-0.05, 0) is 55.7 Å². The fourth-order valence-electron chi connectivity index (χ4n) is 4.76. The number of rotatable bonds is 5. The number of aromatic nitrogens is 3. The second-order valence-electron chi connectivity index (χ2n) is 8.72. The van der Waals surface area contributed by atoms with Gasteiger partial charge in [0.05, 0.1) is 12.4 Å². The van der Waals surface area contributed by atoms with E-state index >= 15 is 0 Å². The van der Waals surface area contributed by atoms with E-state index in [-0.39, 0.29) is 16.6 Å². The number of nitrogens with zero attached hydrogens (tertiary/aromatic N) is 4. The SMILES string of the molecule is Cn1cnc(S(=O)(=O)N2CCCCC2c2cc(C(=O)Nc3cccc4c3CCCC4)no2)c1.